The van der Waals surface area contributed by atoms with Gasteiger partial charge in [0.1, 0.15) is 5.76 Å². The highest BCUT2D eigenvalue weighted by atomic mass is 31.2. The van der Waals surface area contributed by atoms with E-state index in [0.717, 1.165) is 23.9 Å². The van der Waals surface area contributed by atoms with Gasteiger partial charge in [-0.3, -0.25) is 23.8 Å². The van der Waals surface area contributed by atoms with Crippen molar-refractivity contribution in [1.29, 1.82) is 0 Å². The third kappa shape index (κ3) is 3.14. The fourth-order valence-electron chi connectivity index (χ4n) is 1.92. The minimum Gasteiger partial charge on any atom is -0.467 e. The van der Waals surface area contributed by atoms with Crippen molar-refractivity contribution in [2.75, 3.05) is 7.11 Å². The molecule has 2 heterocycles. The number of ether oxygens (including phenoxy) is 1. The number of phosphoric ester groups is 1. The van der Waals surface area contributed by atoms with Gasteiger partial charge >= 0.3 is 13.5 Å². The van der Waals surface area contributed by atoms with E-state index in [1.165, 1.54) is 0 Å². The molecule has 1 aliphatic rings. The van der Waals surface area contributed by atoms with Gasteiger partial charge in [0, 0.05) is 25.8 Å². The van der Waals surface area contributed by atoms with Crippen molar-refractivity contribution in [1.82, 2.24) is 9.55 Å². The van der Waals surface area contributed by atoms with Crippen LogP contribution in [0, 0.1) is 0 Å². The van der Waals surface area contributed by atoms with Gasteiger partial charge in [0.15, 0.2) is 11.9 Å². The van der Waals surface area contributed by atoms with Gasteiger partial charge in [-0.15, -0.1) is 0 Å². The molecule has 1 aromatic rings. The van der Waals surface area contributed by atoms with Crippen molar-refractivity contribution in [3.8, 4) is 0 Å². The number of aromatic amines is 1. The maximum atomic E-state index is 11.7. The number of aliphatic hydroxyl groups excluding tert-OH is 1. The van der Waals surface area contributed by atoms with Crippen LogP contribution in [0.5, 0.6) is 0 Å². The number of phosphoric acid groups is 1. The second-order valence-corrected chi connectivity index (χ2v) is 5.84. The Morgan fingerprint density at radius 2 is 2.18 bits per heavy atom. The fraction of sp³-hybridized carbons (Fsp3) is 0.455. The summed E-state index contributed by atoms with van der Waals surface area (Å²) in [6, 6.07) is 1.08. The van der Waals surface area contributed by atoms with Crippen molar-refractivity contribution in [3.63, 3.8) is 0 Å². The predicted octanol–water partition coefficient (Wildman–Crippen LogP) is -0.189. The Morgan fingerprint density at radius 3 is 2.73 bits per heavy atom. The Morgan fingerprint density at radius 1 is 1.50 bits per heavy atom. The lowest BCUT2D eigenvalue weighted by atomic mass is 10.2. The molecule has 10 nitrogen and oxygen atoms in total. The summed E-state index contributed by atoms with van der Waals surface area (Å²) >= 11 is 0. The second kappa shape index (κ2) is 6.09. The molecule has 0 spiro atoms. The van der Waals surface area contributed by atoms with Crippen LogP contribution in [0.2, 0.25) is 0 Å². The molecule has 2 rings (SSSR count). The molecule has 0 fully saturated rings. The molecule has 122 valence electrons. The molecule has 0 saturated heterocycles. The Balaban J connectivity index is 2.36. The smallest absolute Gasteiger partial charge is 0.467 e. The molecule has 0 aromatic carbocycles. The fourth-order valence-corrected chi connectivity index (χ4v) is 2.46. The van der Waals surface area contributed by atoms with Crippen molar-refractivity contribution in [2.24, 2.45) is 0 Å². The third-order valence-corrected chi connectivity index (χ3v) is 3.86. The number of nitrogens with zero attached hydrogens (tertiary/aromatic N) is 1. The molecule has 1 aromatic heterocycles. The average Bonchev–Trinajstić information content (AvgIpc) is 2.76. The first-order chi connectivity index (χ1) is 10.3. The largest absolute Gasteiger partial charge is 0.527 e. The monoisotopic (exact) mass is 334 g/mol. The van der Waals surface area contributed by atoms with E-state index >= 15 is 0 Å². The Hall–Kier alpha value is -1.87. The van der Waals surface area contributed by atoms with E-state index in [0.29, 0.717) is 0 Å². The highest BCUT2D eigenvalue weighted by molar-refractivity contribution is 7.47. The number of nitrogens with one attached hydrogen (secondary N) is 1. The summed E-state index contributed by atoms with van der Waals surface area (Å²) in [5.41, 5.74) is -1.40. The number of H-pyrrole nitrogens is 1. The molecule has 11 heteroatoms. The zero-order valence-corrected chi connectivity index (χ0v) is 12.6. The van der Waals surface area contributed by atoms with E-state index in [2.05, 4.69) is 4.52 Å². The van der Waals surface area contributed by atoms with Crippen LogP contribution in [0.1, 0.15) is 19.6 Å². The zero-order chi connectivity index (χ0) is 16.5. The maximum absolute atomic E-state index is 11.7. The predicted molar refractivity (Wildman–Crippen MR) is 72.7 cm³/mol. The van der Waals surface area contributed by atoms with Crippen LogP contribution in [0.25, 0.3) is 0 Å². The summed E-state index contributed by atoms with van der Waals surface area (Å²) in [5.74, 6) is -0.194. The van der Waals surface area contributed by atoms with Crippen molar-refractivity contribution in [2.45, 2.75) is 25.7 Å². The zero-order valence-electron chi connectivity index (χ0n) is 11.8. The summed E-state index contributed by atoms with van der Waals surface area (Å²) in [6.07, 6.45) is -1.37. The first kappa shape index (κ1) is 16.5. The van der Waals surface area contributed by atoms with E-state index in [9.17, 15) is 24.2 Å². The molecular formula is C11H15N2O8P. The molecular weight excluding hydrogens is 319 g/mol. The average molecular weight is 334 g/mol. The van der Waals surface area contributed by atoms with Gasteiger partial charge in [0.05, 0.1) is 0 Å². The Labute approximate surface area is 124 Å². The first-order valence-corrected chi connectivity index (χ1v) is 7.76. The lowest BCUT2D eigenvalue weighted by Crippen LogP contribution is -2.35. The van der Waals surface area contributed by atoms with Crippen LogP contribution in [-0.2, 0) is 18.3 Å². The Bertz CT molecular complexity index is 751. The van der Waals surface area contributed by atoms with Gasteiger partial charge in [-0.05, 0) is 0 Å². The van der Waals surface area contributed by atoms with Crippen molar-refractivity contribution in [3.05, 3.63) is 44.6 Å². The van der Waals surface area contributed by atoms with E-state index < -0.39 is 31.4 Å². The number of hydrogen-bond donors (Lipinski definition) is 3. The number of hydrogen-bond acceptors (Lipinski definition) is 7. The number of rotatable bonds is 5. The Kier molecular flexibility index (Phi) is 4.57. The molecule has 3 N–H and O–H groups in total. The van der Waals surface area contributed by atoms with E-state index in [-0.39, 0.29) is 17.9 Å². The SMILES string of the molecule is CCC1=C(OP(=O)(O)OC)C(O)[C@H](n2ccc(=O)[nH]c2=O)O1. The maximum Gasteiger partial charge on any atom is 0.527 e. The molecule has 0 amide bonds. The van der Waals surface area contributed by atoms with Crippen LogP contribution < -0.4 is 11.2 Å². The summed E-state index contributed by atoms with van der Waals surface area (Å²) in [7, 11) is -3.42. The second-order valence-electron chi connectivity index (χ2n) is 4.35. The molecule has 1 aliphatic heterocycles. The van der Waals surface area contributed by atoms with Crippen molar-refractivity contribution >= 4 is 7.82 Å². The van der Waals surface area contributed by atoms with Gasteiger partial charge in [0.25, 0.3) is 5.56 Å². The summed E-state index contributed by atoms with van der Waals surface area (Å²) < 4.78 is 26.9. The van der Waals surface area contributed by atoms with Crippen LogP contribution in [0.4, 0.5) is 0 Å². The van der Waals surface area contributed by atoms with Crippen LogP contribution in [0.3, 0.4) is 0 Å². The van der Waals surface area contributed by atoms with E-state index in [1.54, 1.807) is 6.92 Å². The van der Waals surface area contributed by atoms with E-state index in [1.807, 2.05) is 4.98 Å². The lowest BCUT2D eigenvalue weighted by molar-refractivity contribution is -0.0129. The third-order valence-electron chi connectivity index (χ3n) is 2.97. The summed E-state index contributed by atoms with van der Waals surface area (Å²) in [6.45, 7) is 1.67. The first-order valence-electron chi connectivity index (χ1n) is 6.26. The topological polar surface area (TPSA) is 140 Å². The molecule has 0 bridgehead atoms. The van der Waals surface area contributed by atoms with Crippen LogP contribution >= 0.6 is 7.82 Å². The molecule has 0 saturated carbocycles. The number of allylic oxidation sites excluding steroid dienone is 1. The lowest BCUT2D eigenvalue weighted by Gasteiger charge is -2.18. The van der Waals surface area contributed by atoms with Gasteiger partial charge in [-0.25, -0.2) is 9.36 Å². The highest BCUT2D eigenvalue weighted by Crippen LogP contribution is 2.49. The molecule has 0 aliphatic carbocycles. The van der Waals surface area contributed by atoms with Crippen molar-refractivity contribution < 1.29 is 28.3 Å². The minimum atomic E-state index is -4.39. The standard InChI is InChI=1S/C11H15N2O8P/c1-3-6-9(21-22(17,18)19-2)8(15)10(20-6)13-5-4-7(14)12-11(13)16/h4-5,8,10,15H,3H2,1-2H3,(H,17,18)(H,12,14,16)/t8?,10-/m1/s1. The number of aromatic nitrogens is 2. The normalized spacial score (nSPS) is 24.0. The van der Waals surface area contributed by atoms with Gasteiger partial charge in [-0.1, -0.05) is 6.92 Å². The molecule has 2 unspecified atom stereocenters. The van der Waals surface area contributed by atoms with E-state index in [4.69, 9.17) is 9.26 Å². The summed E-state index contributed by atoms with van der Waals surface area (Å²) in [5, 5.41) is 10.2. The highest BCUT2D eigenvalue weighted by Gasteiger charge is 2.41. The molecule has 22 heavy (non-hydrogen) atoms. The molecule has 0 radical (unpaired) electrons. The van der Waals surface area contributed by atoms with Gasteiger partial charge in [-0.2, -0.15) is 0 Å². The number of aliphatic hydroxyl groups is 1. The molecule has 3 atom stereocenters. The van der Waals surface area contributed by atoms with Crippen LogP contribution in [-0.4, -0.2) is 32.8 Å². The van der Waals surface area contributed by atoms with Crippen LogP contribution in [0.15, 0.2) is 33.4 Å². The quantitative estimate of drug-likeness (QED) is 0.630. The summed E-state index contributed by atoms with van der Waals surface area (Å²) in [4.78, 5) is 34.2. The van der Waals surface area contributed by atoms with Gasteiger partial charge < -0.3 is 14.4 Å². The van der Waals surface area contributed by atoms with Gasteiger partial charge in [0.2, 0.25) is 6.23 Å². The minimum absolute atomic E-state index is 0.0990.